The van der Waals surface area contributed by atoms with Crippen LogP contribution in [0, 0.1) is 0 Å². The van der Waals surface area contributed by atoms with E-state index in [9.17, 15) is 0 Å². The minimum absolute atomic E-state index is 0.0575. The highest BCUT2D eigenvalue weighted by Gasteiger charge is 2.51. The second-order valence-corrected chi connectivity index (χ2v) is 4.64. The van der Waals surface area contributed by atoms with Gasteiger partial charge in [-0.2, -0.15) is 0 Å². The van der Waals surface area contributed by atoms with Gasteiger partial charge in [-0.1, -0.05) is 0 Å². The molecule has 3 fully saturated rings. The average molecular weight is 229 g/mol. The highest BCUT2D eigenvalue weighted by molar-refractivity contribution is 4.96. The van der Waals surface area contributed by atoms with Crippen LogP contribution in [0.15, 0.2) is 0 Å². The van der Waals surface area contributed by atoms with E-state index in [2.05, 4.69) is 11.8 Å². The molecule has 0 aliphatic carbocycles. The average Bonchev–Trinajstić information content (AvgIpc) is 2.69. The van der Waals surface area contributed by atoms with Gasteiger partial charge in [-0.3, -0.25) is 4.90 Å². The lowest BCUT2D eigenvalue weighted by molar-refractivity contribution is -0.246. The summed E-state index contributed by atoms with van der Waals surface area (Å²) in [5.41, 5.74) is 0. The van der Waals surface area contributed by atoms with Crippen molar-refractivity contribution in [2.75, 3.05) is 26.9 Å². The highest BCUT2D eigenvalue weighted by Crippen LogP contribution is 2.35. The maximum absolute atomic E-state index is 6.04. The van der Waals surface area contributed by atoms with Crippen LogP contribution in [0.3, 0.4) is 0 Å². The zero-order valence-corrected chi connectivity index (χ0v) is 9.80. The maximum Gasteiger partial charge on any atom is 0.197 e. The SMILES string of the molecule is CO[C@H]1OCCN2C3CCOC(C)[C@H]3O[C@H]12. The molecule has 3 saturated heterocycles. The molecule has 0 amide bonds. The number of fused-ring (bicyclic) bond motifs is 3. The van der Waals surface area contributed by atoms with Crippen LogP contribution in [0.5, 0.6) is 0 Å². The smallest absolute Gasteiger partial charge is 0.197 e. The number of ether oxygens (including phenoxy) is 4. The minimum atomic E-state index is -0.258. The number of rotatable bonds is 1. The van der Waals surface area contributed by atoms with E-state index in [4.69, 9.17) is 18.9 Å². The second-order valence-electron chi connectivity index (χ2n) is 4.64. The van der Waals surface area contributed by atoms with Crippen LogP contribution in [-0.4, -0.2) is 62.5 Å². The highest BCUT2D eigenvalue weighted by atomic mass is 16.7. The van der Waals surface area contributed by atoms with Gasteiger partial charge in [-0.15, -0.1) is 0 Å². The fourth-order valence-corrected chi connectivity index (χ4v) is 2.98. The first kappa shape index (κ1) is 10.9. The van der Waals surface area contributed by atoms with Crippen molar-refractivity contribution in [2.24, 2.45) is 0 Å². The first-order chi connectivity index (χ1) is 7.81. The van der Waals surface area contributed by atoms with Gasteiger partial charge in [-0.05, 0) is 13.3 Å². The summed E-state index contributed by atoms with van der Waals surface area (Å²) >= 11 is 0. The summed E-state index contributed by atoms with van der Waals surface area (Å²) in [6.07, 6.45) is 1.06. The Bertz CT molecular complexity index is 262. The summed E-state index contributed by atoms with van der Waals surface area (Å²) in [5.74, 6) is 0. The molecule has 3 heterocycles. The third-order valence-corrected chi connectivity index (χ3v) is 3.78. The fourth-order valence-electron chi connectivity index (χ4n) is 2.98. The molecule has 0 N–H and O–H groups in total. The third kappa shape index (κ3) is 1.58. The van der Waals surface area contributed by atoms with E-state index in [1.165, 1.54) is 0 Å². The van der Waals surface area contributed by atoms with E-state index in [1.807, 2.05) is 0 Å². The van der Waals surface area contributed by atoms with Gasteiger partial charge >= 0.3 is 0 Å². The van der Waals surface area contributed by atoms with Crippen LogP contribution >= 0.6 is 0 Å². The van der Waals surface area contributed by atoms with Crippen LogP contribution in [-0.2, 0) is 18.9 Å². The number of methoxy groups -OCH3 is 1. The molecule has 5 nitrogen and oxygen atoms in total. The van der Waals surface area contributed by atoms with Gasteiger partial charge in [0.15, 0.2) is 12.5 Å². The summed E-state index contributed by atoms with van der Waals surface area (Å²) < 4.78 is 22.5. The second kappa shape index (κ2) is 4.23. The summed E-state index contributed by atoms with van der Waals surface area (Å²) in [6.45, 7) is 4.56. The first-order valence-electron chi connectivity index (χ1n) is 5.98. The van der Waals surface area contributed by atoms with Gasteiger partial charge in [0, 0.05) is 26.3 Å². The molecule has 0 saturated carbocycles. The van der Waals surface area contributed by atoms with E-state index < -0.39 is 0 Å². The monoisotopic (exact) mass is 229 g/mol. The number of morpholine rings is 1. The molecule has 16 heavy (non-hydrogen) atoms. The Morgan fingerprint density at radius 3 is 2.94 bits per heavy atom. The van der Waals surface area contributed by atoms with Crippen LogP contribution in [0.4, 0.5) is 0 Å². The third-order valence-electron chi connectivity index (χ3n) is 3.78. The van der Waals surface area contributed by atoms with Crippen molar-refractivity contribution in [3.05, 3.63) is 0 Å². The lowest BCUT2D eigenvalue weighted by Gasteiger charge is -2.37. The van der Waals surface area contributed by atoms with Crippen LogP contribution in [0.2, 0.25) is 0 Å². The van der Waals surface area contributed by atoms with Gasteiger partial charge in [0.1, 0.15) is 6.10 Å². The lowest BCUT2D eigenvalue weighted by atomic mass is 10.0. The molecule has 5 atom stereocenters. The van der Waals surface area contributed by atoms with E-state index in [0.29, 0.717) is 6.04 Å². The van der Waals surface area contributed by atoms with Gasteiger partial charge in [0.2, 0.25) is 0 Å². The van der Waals surface area contributed by atoms with Crippen molar-refractivity contribution in [1.29, 1.82) is 0 Å². The maximum atomic E-state index is 6.04. The quantitative estimate of drug-likeness (QED) is 0.642. The van der Waals surface area contributed by atoms with Crippen molar-refractivity contribution in [3.8, 4) is 0 Å². The molecular formula is C11H19NO4. The largest absolute Gasteiger partial charge is 0.376 e. The molecular weight excluding hydrogens is 210 g/mol. The van der Waals surface area contributed by atoms with E-state index in [1.54, 1.807) is 7.11 Å². The Balaban J connectivity index is 1.79. The Labute approximate surface area is 95.6 Å². The molecule has 0 aromatic carbocycles. The minimum Gasteiger partial charge on any atom is -0.376 e. The molecule has 0 spiro atoms. The molecule has 92 valence electrons. The Morgan fingerprint density at radius 1 is 1.25 bits per heavy atom. The van der Waals surface area contributed by atoms with Crippen LogP contribution in [0.25, 0.3) is 0 Å². The summed E-state index contributed by atoms with van der Waals surface area (Å²) in [5, 5.41) is 0. The predicted molar refractivity (Wildman–Crippen MR) is 55.9 cm³/mol. The Morgan fingerprint density at radius 2 is 2.12 bits per heavy atom. The molecule has 3 aliphatic heterocycles. The van der Waals surface area contributed by atoms with Crippen LogP contribution < -0.4 is 0 Å². The molecule has 2 unspecified atom stereocenters. The van der Waals surface area contributed by atoms with E-state index >= 15 is 0 Å². The normalized spacial score (nSPS) is 48.8. The van der Waals surface area contributed by atoms with Gasteiger partial charge in [0.25, 0.3) is 0 Å². The number of hydrogen-bond donors (Lipinski definition) is 0. The van der Waals surface area contributed by atoms with Crippen LogP contribution in [0.1, 0.15) is 13.3 Å². The topological polar surface area (TPSA) is 40.2 Å². The summed E-state index contributed by atoms with van der Waals surface area (Å²) in [7, 11) is 1.67. The lowest BCUT2D eigenvalue weighted by Crippen LogP contribution is -2.53. The van der Waals surface area contributed by atoms with Gasteiger partial charge in [0.05, 0.1) is 12.7 Å². The zero-order chi connectivity index (χ0) is 11.1. The van der Waals surface area contributed by atoms with Crippen molar-refractivity contribution >= 4 is 0 Å². The number of nitrogens with zero attached hydrogens (tertiary/aromatic N) is 1. The molecule has 0 aromatic rings. The van der Waals surface area contributed by atoms with Crippen molar-refractivity contribution in [1.82, 2.24) is 4.90 Å². The Kier molecular flexibility index (Phi) is 2.89. The van der Waals surface area contributed by atoms with Gasteiger partial charge in [-0.25, -0.2) is 0 Å². The molecule has 3 aliphatic rings. The predicted octanol–water partition coefficient (Wildman–Crippen LogP) is 0.193. The molecule has 0 radical (unpaired) electrons. The van der Waals surface area contributed by atoms with E-state index in [0.717, 1.165) is 26.2 Å². The number of hydrogen-bond acceptors (Lipinski definition) is 5. The van der Waals surface area contributed by atoms with Gasteiger partial charge < -0.3 is 18.9 Å². The molecule has 3 rings (SSSR count). The van der Waals surface area contributed by atoms with E-state index in [-0.39, 0.29) is 24.7 Å². The summed E-state index contributed by atoms with van der Waals surface area (Å²) in [6, 6.07) is 0.468. The molecule has 5 heteroatoms. The first-order valence-corrected chi connectivity index (χ1v) is 5.98. The van der Waals surface area contributed by atoms with Crippen molar-refractivity contribution < 1.29 is 18.9 Å². The molecule has 0 aromatic heterocycles. The van der Waals surface area contributed by atoms with Crippen molar-refractivity contribution in [2.45, 2.75) is 44.1 Å². The fraction of sp³-hybridized carbons (Fsp3) is 1.00. The molecule has 0 bridgehead atoms. The zero-order valence-electron chi connectivity index (χ0n) is 9.80. The van der Waals surface area contributed by atoms with Crippen molar-refractivity contribution in [3.63, 3.8) is 0 Å². The Hall–Kier alpha value is -0.200. The summed E-state index contributed by atoms with van der Waals surface area (Å²) in [4.78, 5) is 2.38. The standard InChI is InChI=1S/C11H19NO4/c1-7-9-8(3-5-14-7)12-4-6-15-11(13-2)10(12)16-9/h7-11H,3-6H2,1-2H3/t7?,8?,9-,10-,11+/m1/s1.